The van der Waals surface area contributed by atoms with Gasteiger partial charge in [-0.05, 0) is 37.3 Å². The van der Waals surface area contributed by atoms with Gasteiger partial charge in [0.1, 0.15) is 11.4 Å². The predicted molar refractivity (Wildman–Crippen MR) is 72.1 cm³/mol. The summed E-state index contributed by atoms with van der Waals surface area (Å²) >= 11 is 0. The first-order chi connectivity index (χ1) is 8.88. The number of carbonyl (C=O) groups excluding carboxylic acids is 1. The van der Waals surface area contributed by atoms with Crippen LogP contribution in [0.5, 0.6) is 0 Å². The van der Waals surface area contributed by atoms with Gasteiger partial charge in [0.2, 0.25) is 0 Å². The second kappa shape index (κ2) is 4.80. The monoisotopic (exact) mass is 262 g/mol. The van der Waals surface area contributed by atoms with Gasteiger partial charge in [-0.25, -0.2) is 9.18 Å². The van der Waals surface area contributed by atoms with E-state index in [1.54, 1.807) is 13.0 Å². The molecule has 0 heterocycles. The van der Waals surface area contributed by atoms with Crippen molar-refractivity contribution in [2.45, 2.75) is 39.2 Å². The van der Waals surface area contributed by atoms with Gasteiger partial charge in [0.05, 0.1) is 0 Å². The van der Waals surface area contributed by atoms with Gasteiger partial charge in [0, 0.05) is 11.1 Å². The molecule has 2 rings (SSSR count). The number of halogens is 1. The van der Waals surface area contributed by atoms with Crippen LogP contribution in [-0.4, -0.2) is 5.97 Å². The van der Waals surface area contributed by atoms with E-state index in [0.717, 1.165) is 5.56 Å². The van der Waals surface area contributed by atoms with Gasteiger partial charge >= 0.3 is 5.97 Å². The van der Waals surface area contributed by atoms with E-state index in [0.29, 0.717) is 24.0 Å². The lowest BCUT2D eigenvalue weighted by atomic mass is 9.84. The first-order valence-electron chi connectivity index (χ1n) is 6.55. The van der Waals surface area contributed by atoms with Crippen LogP contribution in [0.2, 0.25) is 0 Å². The minimum atomic E-state index is -0.729. The third-order valence-corrected chi connectivity index (χ3v) is 3.88. The first-order valence-corrected chi connectivity index (χ1v) is 6.55. The normalized spacial score (nSPS) is 21.3. The predicted octanol–water partition coefficient (Wildman–Crippen LogP) is 3.74. The first kappa shape index (κ1) is 13.8. The van der Waals surface area contributed by atoms with Crippen LogP contribution >= 0.6 is 0 Å². The van der Waals surface area contributed by atoms with Gasteiger partial charge in [-0.2, -0.15) is 0 Å². The number of hydrogen-bond acceptors (Lipinski definition) is 2. The number of hydrogen-bond donors (Lipinski definition) is 0. The molecule has 0 aliphatic heterocycles. The van der Waals surface area contributed by atoms with Crippen molar-refractivity contribution in [2.24, 2.45) is 5.92 Å². The highest BCUT2D eigenvalue weighted by molar-refractivity contribution is 5.87. The van der Waals surface area contributed by atoms with Crippen LogP contribution in [0, 0.1) is 11.7 Å². The van der Waals surface area contributed by atoms with Gasteiger partial charge in [0.15, 0.2) is 0 Å². The Morgan fingerprint density at radius 1 is 1.47 bits per heavy atom. The van der Waals surface area contributed by atoms with Gasteiger partial charge in [0.25, 0.3) is 0 Å². The highest BCUT2D eigenvalue weighted by Crippen LogP contribution is 2.46. The third-order valence-electron chi connectivity index (χ3n) is 3.88. The molecule has 0 N–H and O–H groups in total. The molecule has 0 spiro atoms. The largest absolute Gasteiger partial charge is 0.451 e. The number of ether oxygens (including phenoxy) is 1. The molecule has 102 valence electrons. The Morgan fingerprint density at radius 2 is 2.16 bits per heavy atom. The zero-order valence-corrected chi connectivity index (χ0v) is 11.6. The minimum Gasteiger partial charge on any atom is -0.451 e. The Bertz CT molecular complexity index is 534. The van der Waals surface area contributed by atoms with Crippen LogP contribution in [0.15, 0.2) is 30.4 Å². The Morgan fingerprint density at radius 3 is 2.74 bits per heavy atom. The summed E-state index contributed by atoms with van der Waals surface area (Å²) in [6.07, 6.45) is 1.23. The Kier molecular flexibility index (Phi) is 3.48. The van der Waals surface area contributed by atoms with Gasteiger partial charge in [-0.15, -0.1) is 0 Å². The Hall–Kier alpha value is -1.64. The Balaban J connectivity index is 2.48. The lowest BCUT2D eigenvalue weighted by Gasteiger charge is -2.34. The molecule has 3 heteroatoms. The van der Waals surface area contributed by atoms with Crippen molar-refractivity contribution in [1.82, 2.24) is 0 Å². The molecule has 19 heavy (non-hydrogen) atoms. The molecular formula is C16H19FO2. The second-order valence-corrected chi connectivity index (χ2v) is 5.48. The fourth-order valence-corrected chi connectivity index (χ4v) is 2.73. The molecule has 0 amide bonds. The highest BCUT2D eigenvalue weighted by atomic mass is 19.1. The lowest BCUT2D eigenvalue weighted by molar-refractivity contribution is -0.161. The molecule has 1 aromatic rings. The van der Waals surface area contributed by atoms with E-state index in [4.69, 9.17) is 4.74 Å². The smallest absolute Gasteiger partial charge is 0.334 e. The van der Waals surface area contributed by atoms with Crippen molar-refractivity contribution in [3.05, 3.63) is 47.3 Å². The molecule has 2 nitrogen and oxygen atoms in total. The van der Waals surface area contributed by atoms with E-state index < -0.39 is 11.6 Å². The van der Waals surface area contributed by atoms with Gasteiger partial charge in [-0.1, -0.05) is 32.6 Å². The quantitative estimate of drug-likeness (QED) is 0.612. The summed E-state index contributed by atoms with van der Waals surface area (Å²) in [5, 5.41) is 0. The number of carbonyl (C=O) groups is 1. The van der Waals surface area contributed by atoms with E-state index >= 15 is 0 Å². The van der Waals surface area contributed by atoms with Crippen LogP contribution in [0.4, 0.5) is 4.39 Å². The standard InChI is InChI=1S/C16H19FO2/c1-10(2)15(18)19-16(11(3)4)9-8-12-13(16)6-5-7-14(12)17/h5-7,11H,1,8-9H2,2-4H3. The zero-order chi connectivity index (χ0) is 14.2. The zero-order valence-electron chi connectivity index (χ0n) is 11.6. The van der Waals surface area contributed by atoms with Gasteiger partial charge in [-0.3, -0.25) is 0 Å². The lowest BCUT2D eigenvalue weighted by Crippen LogP contribution is -2.35. The van der Waals surface area contributed by atoms with Crippen molar-refractivity contribution in [1.29, 1.82) is 0 Å². The summed E-state index contributed by atoms with van der Waals surface area (Å²) in [4.78, 5) is 11.9. The minimum absolute atomic E-state index is 0.0823. The summed E-state index contributed by atoms with van der Waals surface area (Å²) in [5.41, 5.74) is 1.11. The van der Waals surface area contributed by atoms with E-state index in [1.807, 2.05) is 19.9 Å². The fraction of sp³-hybridized carbons (Fsp3) is 0.438. The molecule has 1 unspecified atom stereocenters. The molecule has 0 radical (unpaired) electrons. The van der Waals surface area contributed by atoms with E-state index in [9.17, 15) is 9.18 Å². The average Bonchev–Trinajstić information content (AvgIpc) is 2.71. The number of esters is 1. The number of rotatable bonds is 3. The molecular weight excluding hydrogens is 243 g/mol. The summed E-state index contributed by atoms with van der Waals surface area (Å²) in [6, 6.07) is 4.98. The molecule has 0 saturated heterocycles. The van der Waals surface area contributed by atoms with Crippen molar-refractivity contribution in [2.75, 3.05) is 0 Å². The molecule has 1 aromatic carbocycles. The number of benzene rings is 1. The van der Waals surface area contributed by atoms with Gasteiger partial charge < -0.3 is 4.74 Å². The van der Waals surface area contributed by atoms with E-state index in [1.165, 1.54) is 6.07 Å². The maximum Gasteiger partial charge on any atom is 0.334 e. The van der Waals surface area contributed by atoms with Crippen LogP contribution < -0.4 is 0 Å². The molecule has 1 aliphatic carbocycles. The van der Waals surface area contributed by atoms with Crippen LogP contribution in [0.25, 0.3) is 0 Å². The number of fused-ring (bicyclic) bond motifs is 1. The van der Waals surface area contributed by atoms with Crippen LogP contribution in [-0.2, 0) is 21.6 Å². The summed E-state index contributed by atoms with van der Waals surface area (Å²) in [7, 11) is 0. The summed E-state index contributed by atoms with van der Waals surface area (Å²) < 4.78 is 19.5. The summed E-state index contributed by atoms with van der Waals surface area (Å²) in [5.74, 6) is -0.545. The van der Waals surface area contributed by atoms with E-state index in [2.05, 4.69) is 6.58 Å². The molecule has 1 atom stereocenters. The maximum atomic E-state index is 13.8. The molecule has 0 fully saturated rings. The van der Waals surface area contributed by atoms with Crippen molar-refractivity contribution in [3.63, 3.8) is 0 Å². The topological polar surface area (TPSA) is 26.3 Å². The maximum absolute atomic E-state index is 13.8. The van der Waals surface area contributed by atoms with Crippen molar-refractivity contribution >= 4 is 5.97 Å². The van der Waals surface area contributed by atoms with Crippen molar-refractivity contribution in [3.8, 4) is 0 Å². The Labute approximate surface area is 113 Å². The molecule has 1 aliphatic rings. The highest BCUT2D eigenvalue weighted by Gasteiger charge is 2.45. The fourth-order valence-electron chi connectivity index (χ4n) is 2.73. The van der Waals surface area contributed by atoms with E-state index in [-0.39, 0.29) is 11.7 Å². The SMILES string of the molecule is C=C(C)C(=O)OC1(C(C)C)CCc2c(F)cccc21. The van der Waals surface area contributed by atoms with Crippen LogP contribution in [0.3, 0.4) is 0 Å². The van der Waals surface area contributed by atoms with Crippen LogP contribution in [0.1, 0.15) is 38.3 Å². The summed E-state index contributed by atoms with van der Waals surface area (Å²) in [6.45, 7) is 9.22. The van der Waals surface area contributed by atoms with Crippen molar-refractivity contribution < 1.29 is 13.9 Å². The third kappa shape index (κ3) is 2.18. The molecule has 0 aromatic heterocycles. The average molecular weight is 262 g/mol. The molecule has 0 saturated carbocycles. The second-order valence-electron chi connectivity index (χ2n) is 5.48. The molecule has 0 bridgehead atoms.